The number of hydrogen-bond donors (Lipinski definition) is 0. The minimum absolute atomic E-state index is 0.119. The smallest absolute Gasteiger partial charge is 0.429 e. The number of halogens is 8. The van der Waals surface area contributed by atoms with Crippen LogP contribution in [0.1, 0.15) is 81.8 Å². The van der Waals surface area contributed by atoms with Gasteiger partial charge in [-0.1, -0.05) is 57.6 Å². The van der Waals surface area contributed by atoms with E-state index in [1.165, 1.54) is 37.8 Å². The predicted molar refractivity (Wildman–Crippen MR) is 136 cm³/mol. The largest absolute Gasteiger partial charge is 0.432 e. The van der Waals surface area contributed by atoms with E-state index in [0.29, 0.717) is 18.1 Å². The van der Waals surface area contributed by atoms with E-state index in [1.807, 2.05) is 0 Å². The van der Waals surface area contributed by atoms with Crippen molar-refractivity contribution in [3.05, 3.63) is 88.5 Å². The molecule has 1 nitrogen and oxygen atoms in total. The highest BCUT2D eigenvalue weighted by Gasteiger charge is 2.41. The minimum Gasteiger partial charge on any atom is -0.429 e. The third kappa shape index (κ3) is 6.78. The molecule has 1 aliphatic rings. The van der Waals surface area contributed by atoms with Crippen LogP contribution >= 0.6 is 0 Å². The Morgan fingerprint density at radius 1 is 0.750 bits per heavy atom. The molecule has 1 aliphatic carbocycles. The molecule has 0 aliphatic heterocycles. The second kappa shape index (κ2) is 12.6. The molecular formula is C31H30F8O. The Hall–Kier alpha value is -3.10. The number of ether oxygens (including phenoxy) is 1. The number of benzene rings is 3. The molecule has 0 amide bonds. The fourth-order valence-electron chi connectivity index (χ4n) is 5.50. The average Bonchev–Trinajstić information content (AvgIpc) is 3.12. The molecule has 0 spiro atoms. The van der Waals surface area contributed by atoms with Gasteiger partial charge in [-0.15, -0.1) is 0 Å². The zero-order valence-corrected chi connectivity index (χ0v) is 22.0. The Bertz CT molecular complexity index is 1290. The number of unbranched alkanes of at least 4 members (excludes halogenated alkanes) is 2. The van der Waals surface area contributed by atoms with E-state index in [1.54, 1.807) is 6.07 Å². The van der Waals surface area contributed by atoms with Crippen LogP contribution in [0.5, 0.6) is 5.75 Å². The van der Waals surface area contributed by atoms with E-state index >= 15 is 4.39 Å². The van der Waals surface area contributed by atoms with Crippen molar-refractivity contribution in [2.24, 2.45) is 5.92 Å². The molecule has 216 valence electrons. The van der Waals surface area contributed by atoms with Gasteiger partial charge >= 0.3 is 6.11 Å². The summed E-state index contributed by atoms with van der Waals surface area (Å²) in [6.07, 6.45) is 5.15. The van der Waals surface area contributed by atoms with Crippen molar-refractivity contribution < 1.29 is 39.9 Å². The quantitative estimate of drug-likeness (QED) is 0.108. The van der Waals surface area contributed by atoms with Gasteiger partial charge in [-0.3, -0.25) is 0 Å². The summed E-state index contributed by atoms with van der Waals surface area (Å²) in [6, 6.07) is 5.71. The van der Waals surface area contributed by atoms with E-state index in [0.717, 1.165) is 37.7 Å². The number of hydrogen-bond acceptors (Lipinski definition) is 1. The van der Waals surface area contributed by atoms with Crippen LogP contribution in [0.3, 0.4) is 0 Å². The molecule has 0 heterocycles. The van der Waals surface area contributed by atoms with Crippen LogP contribution in [-0.2, 0) is 6.11 Å². The highest BCUT2D eigenvalue weighted by Crippen LogP contribution is 2.40. The van der Waals surface area contributed by atoms with Crippen molar-refractivity contribution in [1.29, 1.82) is 0 Å². The second-order valence-corrected chi connectivity index (χ2v) is 10.4. The summed E-state index contributed by atoms with van der Waals surface area (Å²) < 4.78 is 118. The standard InChI is InChI=1S/C31H30F8O/c1-2-3-4-6-18-7-5-8-19(10-9-18)20-11-12-23(24(32)13-20)21-14-25(33)29(26(34)15-21)31(38,39)40-22-16-27(35)30(37)28(36)17-22/h11-19H,2-10H2,1H3. The Balaban J connectivity index is 1.52. The molecule has 0 N–H and O–H groups in total. The normalized spacial score (nSPS) is 18.0. The monoisotopic (exact) mass is 570 g/mol. The van der Waals surface area contributed by atoms with E-state index in [4.69, 9.17) is 0 Å². The molecule has 1 saturated carbocycles. The molecule has 2 atom stereocenters. The van der Waals surface area contributed by atoms with Crippen molar-refractivity contribution in [2.75, 3.05) is 0 Å². The van der Waals surface area contributed by atoms with Gasteiger partial charge in [-0.25, -0.2) is 26.3 Å². The zero-order chi connectivity index (χ0) is 29.0. The SMILES string of the molecule is CCCCCC1CCCC(c2ccc(-c3cc(F)c(C(F)(F)Oc4cc(F)c(F)c(F)c4)c(F)c3)c(F)c2)CC1. The maximum absolute atomic E-state index is 15.1. The fraction of sp³-hybridized carbons (Fsp3) is 0.419. The molecule has 0 saturated heterocycles. The van der Waals surface area contributed by atoms with Crippen LogP contribution in [-0.4, -0.2) is 0 Å². The molecule has 3 aromatic rings. The van der Waals surface area contributed by atoms with Gasteiger partial charge in [0, 0.05) is 17.7 Å². The fourth-order valence-corrected chi connectivity index (χ4v) is 5.50. The maximum Gasteiger partial charge on any atom is 0.432 e. The number of rotatable bonds is 9. The van der Waals surface area contributed by atoms with Gasteiger partial charge in [0.25, 0.3) is 0 Å². The Kier molecular flexibility index (Phi) is 9.41. The van der Waals surface area contributed by atoms with Crippen molar-refractivity contribution in [1.82, 2.24) is 0 Å². The second-order valence-electron chi connectivity index (χ2n) is 10.4. The molecule has 0 radical (unpaired) electrons. The summed E-state index contributed by atoms with van der Waals surface area (Å²) in [6.45, 7) is 2.17. The topological polar surface area (TPSA) is 9.23 Å². The van der Waals surface area contributed by atoms with E-state index in [9.17, 15) is 30.7 Å². The van der Waals surface area contributed by atoms with E-state index in [-0.39, 0.29) is 29.2 Å². The highest BCUT2D eigenvalue weighted by atomic mass is 19.3. The van der Waals surface area contributed by atoms with Gasteiger partial charge in [0.15, 0.2) is 17.5 Å². The first-order valence-corrected chi connectivity index (χ1v) is 13.5. The van der Waals surface area contributed by atoms with Gasteiger partial charge in [0.1, 0.15) is 28.8 Å². The van der Waals surface area contributed by atoms with Gasteiger partial charge in [0.05, 0.1) is 0 Å². The Labute approximate surface area is 228 Å². The average molecular weight is 571 g/mol. The lowest BCUT2D eigenvalue weighted by Crippen LogP contribution is -2.25. The summed E-state index contributed by atoms with van der Waals surface area (Å²) >= 11 is 0. The minimum atomic E-state index is -4.72. The van der Waals surface area contributed by atoms with Crippen LogP contribution < -0.4 is 4.74 Å². The first-order valence-electron chi connectivity index (χ1n) is 13.5. The van der Waals surface area contributed by atoms with Crippen LogP contribution in [0.25, 0.3) is 11.1 Å². The molecular weight excluding hydrogens is 540 g/mol. The summed E-state index contributed by atoms with van der Waals surface area (Å²) in [7, 11) is 0. The van der Waals surface area contributed by atoms with Gasteiger partial charge < -0.3 is 4.74 Å². The van der Waals surface area contributed by atoms with Gasteiger partial charge in [-0.2, -0.15) is 8.78 Å². The molecule has 0 bridgehead atoms. The molecule has 3 aromatic carbocycles. The molecule has 4 rings (SSSR count). The lowest BCUT2D eigenvalue weighted by atomic mass is 9.89. The summed E-state index contributed by atoms with van der Waals surface area (Å²) in [5.74, 6) is -10.2. The van der Waals surface area contributed by atoms with Crippen molar-refractivity contribution in [2.45, 2.75) is 76.7 Å². The number of alkyl halides is 2. The third-order valence-corrected chi connectivity index (χ3v) is 7.62. The lowest BCUT2D eigenvalue weighted by molar-refractivity contribution is -0.189. The third-order valence-electron chi connectivity index (χ3n) is 7.62. The van der Waals surface area contributed by atoms with Crippen LogP contribution in [0.4, 0.5) is 35.1 Å². The molecule has 2 unspecified atom stereocenters. The van der Waals surface area contributed by atoms with Crippen molar-refractivity contribution >= 4 is 0 Å². The highest BCUT2D eigenvalue weighted by molar-refractivity contribution is 5.65. The molecule has 9 heteroatoms. The Morgan fingerprint density at radius 2 is 1.43 bits per heavy atom. The molecule has 0 aromatic heterocycles. The predicted octanol–water partition coefficient (Wildman–Crippen LogP) is 10.6. The molecule has 40 heavy (non-hydrogen) atoms. The summed E-state index contributed by atoms with van der Waals surface area (Å²) in [5, 5.41) is 0. The summed E-state index contributed by atoms with van der Waals surface area (Å²) in [5.41, 5.74) is -1.54. The molecule has 1 fully saturated rings. The van der Waals surface area contributed by atoms with Crippen LogP contribution in [0, 0.1) is 40.8 Å². The van der Waals surface area contributed by atoms with Crippen molar-refractivity contribution in [3.63, 3.8) is 0 Å². The van der Waals surface area contributed by atoms with Gasteiger partial charge in [0.2, 0.25) is 0 Å². The zero-order valence-electron chi connectivity index (χ0n) is 22.0. The van der Waals surface area contributed by atoms with Crippen molar-refractivity contribution in [3.8, 4) is 16.9 Å². The lowest BCUT2D eigenvalue weighted by Gasteiger charge is -2.20. The van der Waals surface area contributed by atoms with Crippen LogP contribution in [0.15, 0.2) is 42.5 Å². The van der Waals surface area contributed by atoms with E-state index in [2.05, 4.69) is 11.7 Å². The summed E-state index contributed by atoms with van der Waals surface area (Å²) in [4.78, 5) is 0. The maximum atomic E-state index is 15.1. The first-order chi connectivity index (χ1) is 19.0. The van der Waals surface area contributed by atoms with E-state index < -0.39 is 52.3 Å². The van der Waals surface area contributed by atoms with Crippen LogP contribution in [0.2, 0.25) is 0 Å². The van der Waals surface area contributed by atoms with Gasteiger partial charge in [-0.05, 0) is 60.4 Å². The Morgan fingerprint density at radius 3 is 2.05 bits per heavy atom. The first kappa shape index (κ1) is 29.9.